The van der Waals surface area contributed by atoms with Gasteiger partial charge in [0.2, 0.25) is 0 Å². The van der Waals surface area contributed by atoms with Crippen LogP contribution < -0.4 is 10.6 Å². The molecular formula is C16H25N3OS2. The maximum Gasteiger partial charge on any atom is 0.253 e. The van der Waals surface area contributed by atoms with Gasteiger partial charge in [-0.1, -0.05) is 6.07 Å². The van der Waals surface area contributed by atoms with Crippen LogP contribution in [-0.4, -0.2) is 47.6 Å². The lowest BCUT2D eigenvalue weighted by molar-refractivity contribution is 0.0773. The summed E-state index contributed by atoms with van der Waals surface area (Å²) in [5.41, 5.74) is 1.51. The highest BCUT2D eigenvalue weighted by Gasteiger charge is 2.12. The van der Waals surface area contributed by atoms with Crippen molar-refractivity contribution in [1.29, 1.82) is 0 Å². The molecule has 0 heterocycles. The first-order chi connectivity index (χ1) is 10.6. The first kappa shape index (κ1) is 18.8. The Morgan fingerprint density at radius 2 is 2.05 bits per heavy atom. The summed E-state index contributed by atoms with van der Waals surface area (Å²) in [5, 5.41) is 6.89. The number of nitrogens with one attached hydrogen (secondary N) is 2. The second-order valence-corrected chi connectivity index (χ2v) is 6.18. The Labute approximate surface area is 143 Å². The largest absolute Gasteiger partial charge is 0.362 e. The molecule has 0 aromatic heterocycles. The molecule has 1 aromatic rings. The third-order valence-electron chi connectivity index (χ3n) is 3.23. The molecule has 0 bridgehead atoms. The summed E-state index contributed by atoms with van der Waals surface area (Å²) < 4.78 is 0. The molecule has 22 heavy (non-hydrogen) atoms. The third-order valence-corrected chi connectivity index (χ3v) is 4.17. The number of carbonyl (C=O) groups is 1. The summed E-state index contributed by atoms with van der Waals surface area (Å²) in [6.07, 6.45) is 3.17. The molecule has 4 nitrogen and oxygen atoms in total. The van der Waals surface area contributed by atoms with Crippen LogP contribution in [0.25, 0.3) is 0 Å². The molecule has 2 N–H and O–H groups in total. The predicted octanol–water partition coefficient (Wildman–Crippen LogP) is 3.21. The maximum atomic E-state index is 12.3. The molecule has 0 aliphatic rings. The summed E-state index contributed by atoms with van der Waals surface area (Å²) in [5.74, 6) is 1.16. The highest BCUT2D eigenvalue weighted by atomic mass is 32.2. The van der Waals surface area contributed by atoms with Crippen molar-refractivity contribution >= 4 is 40.7 Å². The summed E-state index contributed by atoms with van der Waals surface area (Å²) >= 11 is 7.09. The maximum absolute atomic E-state index is 12.3. The van der Waals surface area contributed by atoms with Crippen LogP contribution in [0.5, 0.6) is 0 Å². The number of carbonyl (C=O) groups excluding carboxylic acids is 1. The first-order valence-corrected chi connectivity index (χ1v) is 9.35. The van der Waals surface area contributed by atoms with Gasteiger partial charge >= 0.3 is 0 Å². The van der Waals surface area contributed by atoms with Gasteiger partial charge in [-0.15, -0.1) is 0 Å². The fraction of sp³-hybridized carbons (Fsp3) is 0.500. The van der Waals surface area contributed by atoms with E-state index in [-0.39, 0.29) is 5.91 Å². The van der Waals surface area contributed by atoms with Gasteiger partial charge < -0.3 is 15.5 Å². The van der Waals surface area contributed by atoms with Gasteiger partial charge in [0.05, 0.1) is 0 Å². The molecule has 0 atom stereocenters. The van der Waals surface area contributed by atoms with Crippen molar-refractivity contribution in [1.82, 2.24) is 10.2 Å². The van der Waals surface area contributed by atoms with Crippen LogP contribution in [0.1, 0.15) is 30.6 Å². The fourth-order valence-electron chi connectivity index (χ4n) is 2.02. The lowest BCUT2D eigenvalue weighted by Crippen LogP contribution is -2.31. The monoisotopic (exact) mass is 339 g/mol. The first-order valence-electron chi connectivity index (χ1n) is 7.55. The standard InChI is InChI=1S/C16H25N3OS2/c1-4-19(5-2)15(20)13-8-6-9-14(12-13)18-16(21)17-10-7-11-22-3/h6,8-9,12H,4-5,7,10-11H2,1-3H3,(H2,17,18,21). The van der Waals surface area contributed by atoms with Gasteiger partial charge in [0.15, 0.2) is 5.11 Å². The molecule has 0 radical (unpaired) electrons. The summed E-state index contributed by atoms with van der Waals surface area (Å²) in [4.78, 5) is 14.1. The van der Waals surface area contributed by atoms with Gasteiger partial charge in [0, 0.05) is 30.9 Å². The van der Waals surface area contributed by atoms with Crippen LogP contribution in [-0.2, 0) is 0 Å². The van der Waals surface area contributed by atoms with E-state index in [1.54, 1.807) is 4.90 Å². The molecule has 0 unspecified atom stereocenters. The van der Waals surface area contributed by atoms with Crippen LogP contribution in [0.2, 0.25) is 0 Å². The van der Waals surface area contributed by atoms with Crippen molar-refractivity contribution in [3.63, 3.8) is 0 Å². The van der Waals surface area contributed by atoms with Crippen molar-refractivity contribution in [3.05, 3.63) is 29.8 Å². The van der Waals surface area contributed by atoms with Gasteiger partial charge in [0.1, 0.15) is 0 Å². The molecular weight excluding hydrogens is 314 g/mol. The number of nitrogens with zero attached hydrogens (tertiary/aromatic N) is 1. The zero-order valence-corrected chi connectivity index (χ0v) is 15.1. The highest BCUT2D eigenvalue weighted by molar-refractivity contribution is 7.98. The van der Waals surface area contributed by atoms with Crippen LogP contribution in [0.15, 0.2) is 24.3 Å². The average molecular weight is 340 g/mol. The molecule has 1 aromatic carbocycles. The number of hydrogen-bond donors (Lipinski definition) is 2. The number of thiocarbonyl (C=S) groups is 1. The Morgan fingerprint density at radius 1 is 1.32 bits per heavy atom. The van der Waals surface area contributed by atoms with Crippen molar-refractivity contribution in [2.75, 3.05) is 37.0 Å². The van der Waals surface area contributed by atoms with Gasteiger partial charge in [0.25, 0.3) is 5.91 Å². The molecule has 0 saturated carbocycles. The Hall–Kier alpha value is -1.27. The van der Waals surface area contributed by atoms with Crippen LogP contribution in [0.3, 0.4) is 0 Å². The Morgan fingerprint density at radius 3 is 2.68 bits per heavy atom. The van der Waals surface area contributed by atoms with Gasteiger partial charge in [-0.25, -0.2) is 0 Å². The van der Waals surface area contributed by atoms with Crippen molar-refractivity contribution in [2.24, 2.45) is 0 Å². The van der Waals surface area contributed by atoms with Gasteiger partial charge in [-0.2, -0.15) is 11.8 Å². The van der Waals surface area contributed by atoms with E-state index in [2.05, 4.69) is 16.9 Å². The Kier molecular flexibility index (Phi) is 8.92. The van der Waals surface area contributed by atoms with E-state index in [1.807, 2.05) is 49.9 Å². The van der Waals surface area contributed by atoms with E-state index < -0.39 is 0 Å². The van der Waals surface area contributed by atoms with Crippen LogP contribution >= 0.6 is 24.0 Å². The topological polar surface area (TPSA) is 44.4 Å². The van der Waals surface area contributed by atoms with Crippen molar-refractivity contribution in [3.8, 4) is 0 Å². The summed E-state index contributed by atoms with van der Waals surface area (Å²) in [7, 11) is 0. The van der Waals surface area contributed by atoms with E-state index in [1.165, 1.54) is 0 Å². The third kappa shape index (κ3) is 6.23. The minimum Gasteiger partial charge on any atom is -0.362 e. The minimum absolute atomic E-state index is 0.0486. The molecule has 0 saturated heterocycles. The molecule has 6 heteroatoms. The smallest absolute Gasteiger partial charge is 0.253 e. The number of thioether (sulfide) groups is 1. The van der Waals surface area contributed by atoms with E-state index in [0.29, 0.717) is 23.8 Å². The average Bonchev–Trinajstić information content (AvgIpc) is 2.53. The quantitative estimate of drug-likeness (QED) is 0.562. The Balaban J connectivity index is 2.60. The normalized spacial score (nSPS) is 10.1. The van der Waals surface area contributed by atoms with E-state index in [9.17, 15) is 4.79 Å². The number of anilines is 1. The SMILES string of the molecule is CCN(CC)C(=O)c1cccc(NC(=S)NCCCSC)c1. The molecule has 122 valence electrons. The second kappa shape index (κ2) is 10.5. The molecule has 0 fully saturated rings. The van der Waals surface area contributed by atoms with E-state index in [0.717, 1.165) is 24.4 Å². The lowest BCUT2D eigenvalue weighted by Gasteiger charge is -2.19. The number of rotatable bonds is 8. The minimum atomic E-state index is 0.0486. The van der Waals surface area contributed by atoms with Crippen LogP contribution in [0, 0.1) is 0 Å². The Bertz CT molecular complexity index is 490. The molecule has 0 aliphatic heterocycles. The zero-order chi connectivity index (χ0) is 16.4. The molecule has 0 spiro atoms. The van der Waals surface area contributed by atoms with E-state index in [4.69, 9.17) is 12.2 Å². The highest BCUT2D eigenvalue weighted by Crippen LogP contribution is 2.13. The number of benzene rings is 1. The van der Waals surface area contributed by atoms with Crippen molar-refractivity contribution < 1.29 is 4.79 Å². The zero-order valence-electron chi connectivity index (χ0n) is 13.5. The molecule has 1 amide bonds. The molecule has 1 rings (SSSR count). The fourth-order valence-corrected chi connectivity index (χ4v) is 2.67. The predicted molar refractivity (Wildman–Crippen MR) is 101 cm³/mol. The van der Waals surface area contributed by atoms with Gasteiger partial charge in [-0.3, -0.25) is 4.79 Å². The summed E-state index contributed by atoms with van der Waals surface area (Å²) in [6.45, 7) is 6.24. The van der Waals surface area contributed by atoms with E-state index >= 15 is 0 Å². The number of hydrogen-bond acceptors (Lipinski definition) is 3. The van der Waals surface area contributed by atoms with Gasteiger partial charge in [-0.05, 0) is 62.7 Å². The second-order valence-electron chi connectivity index (χ2n) is 4.79. The lowest BCUT2D eigenvalue weighted by atomic mass is 10.1. The molecule has 0 aliphatic carbocycles. The summed E-state index contributed by atoms with van der Waals surface area (Å²) in [6, 6.07) is 7.46. The number of amides is 1. The van der Waals surface area contributed by atoms with Crippen LogP contribution in [0.4, 0.5) is 5.69 Å². The van der Waals surface area contributed by atoms with Crippen molar-refractivity contribution in [2.45, 2.75) is 20.3 Å².